The number of aliphatic carboxylic acids is 1. The molecular weight excluding hydrogens is 372 g/mol. The molecule has 154 valence electrons. The molecule has 0 bridgehead atoms. The average molecular weight is 398 g/mol. The zero-order valence-electron chi connectivity index (χ0n) is 16.4. The zero-order chi connectivity index (χ0) is 20.5. The van der Waals surface area contributed by atoms with E-state index in [1.54, 1.807) is 0 Å². The summed E-state index contributed by atoms with van der Waals surface area (Å²) >= 11 is 0. The molecule has 1 atom stereocenters. The number of imide groups is 1. The number of anilines is 1. The van der Waals surface area contributed by atoms with E-state index in [1.165, 1.54) is 0 Å². The number of amides is 3. The predicted octanol–water partition coefficient (Wildman–Crippen LogP) is 2.38. The molecule has 7 heteroatoms. The van der Waals surface area contributed by atoms with Gasteiger partial charge in [-0.3, -0.25) is 24.5 Å². The largest absolute Gasteiger partial charge is 0.481 e. The number of nitrogens with one attached hydrogen (secondary N) is 1. The van der Waals surface area contributed by atoms with E-state index in [4.69, 9.17) is 5.11 Å². The molecule has 2 aliphatic heterocycles. The van der Waals surface area contributed by atoms with E-state index in [9.17, 15) is 19.2 Å². The summed E-state index contributed by atoms with van der Waals surface area (Å²) < 4.78 is 0. The second-order valence-electron chi connectivity index (χ2n) is 8.37. The second-order valence-corrected chi connectivity index (χ2v) is 8.37. The minimum atomic E-state index is -0.764. The Hall–Kier alpha value is -2.70. The summed E-state index contributed by atoms with van der Waals surface area (Å²) in [4.78, 5) is 49.7. The summed E-state index contributed by atoms with van der Waals surface area (Å²) in [5.41, 5.74) is 2.86. The maximum absolute atomic E-state index is 13.1. The average Bonchev–Trinajstić information content (AvgIpc) is 2.72. The quantitative estimate of drug-likeness (QED) is 0.761. The Morgan fingerprint density at radius 3 is 2.41 bits per heavy atom. The minimum Gasteiger partial charge on any atom is -0.481 e. The van der Waals surface area contributed by atoms with Crippen LogP contribution in [0.3, 0.4) is 0 Å². The molecule has 3 amide bonds. The molecule has 2 heterocycles. The summed E-state index contributed by atoms with van der Waals surface area (Å²) in [5.74, 6) is -1.92. The predicted molar refractivity (Wildman–Crippen MR) is 105 cm³/mol. The molecular formula is C22H26N2O5. The summed E-state index contributed by atoms with van der Waals surface area (Å²) in [6.07, 6.45) is 4.93. The van der Waals surface area contributed by atoms with Crippen molar-refractivity contribution in [3.05, 3.63) is 29.3 Å². The molecule has 0 aromatic heterocycles. The van der Waals surface area contributed by atoms with Gasteiger partial charge in [0.2, 0.25) is 17.7 Å². The first kappa shape index (κ1) is 19.6. The zero-order valence-corrected chi connectivity index (χ0v) is 16.4. The van der Waals surface area contributed by atoms with Crippen molar-refractivity contribution >= 4 is 29.4 Å². The van der Waals surface area contributed by atoms with Crippen molar-refractivity contribution in [2.75, 3.05) is 11.4 Å². The Morgan fingerprint density at radius 2 is 1.72 bits per heavy atom. The van der Waals surface area contributed by atoms with Gasteiger partial charge >= 0.3 is 5.97 Å². The molecule has 1 saturated carbocycles. The number of hydrogen-bond donors (Lipinski definition) is 2. The molecule has 2 fully saturated rings. The Bertz CT molecular complexity index is 857. The first-order valence-corrected chi connectivity index (χ1v) is 10.4. The van der Waals surface area contributed by atoms with E-state index >= 15 is 0 Å². The molecule has 1 aromatic carbocycles. The van der Waals surface area contributed by atoms with Crippen LogP contribution in [0.2, 0.25) is 0 Å². The number of carboxylic acid groups (broad SMARTS) is 1. The van der Waals surface area contributed by atoms with Crippen molar-refractivity contribution in [3.8, 4) is 0 Å². The molecule has 1 unspecified atom stereocenters. The topological polar surface area (TPSA) is 104 Å². The molecule has 1 aliphatic carbocycles. The van der Waals surface area contributed by atoms with Gasteiger partial charge in [0.25, 0.3) is 0 Å². The summed E-state index contributed by atoms with van der Waals surface area (Å²) in [5, 5.41) is 11.6. The normalized spacial score (nSPS) is 27.2. The summed E-state index contributed by atoms with van der Waals surface area (Å²) in [6, 6.07) is 5.83. The number of piperidine rings is 1. The number of carbonyl (C=O) groups is 4. The Labute approximate surface area is 169 Å². The maximum atomic E-state index is 13.1. The third kappa shape index (κ3) is 3.91. The first-order valence-electron chi connectivity index (χ1n) is 10.4. The van der Waals surface area contributed by atoms with Gasteiger partial charge in [-0.25, -0.2) is 0 Å². The fourth-order valence-electron chi connectivity index (χ4n) is 4.88. The maximum Gasteiger partial charge on any atom is 0.306 e. The highest BCUT2D eigenvalue weighted by Gasteiger charge is 2.34. The number of carboxylic acids is 1. The number of benzene rings is 1. The number of rotatable bonds is 3. The number of carbonyl (C=O) groups excluding carboxylic acids is 3. The molecule has 0 radical (unpaired) electrons. The summed E-state index contributed by atoms with van der Waals surface area (Å²) in [7, 11) is 0. The first-order chi connectivity index (χ1) is 13.9. The lowest BCUT2D eigenvalue weighted by molar-refractivity contribution is -0.144. The molecule has 1 saturated heterocycles. The van der Waals surface area contributed by atoms with Gasteiger partial charge in [0.15, 0.2) is 0 Å². The number of nitrogens with zero attached hydrogens (tertiary/aromatic N) is 1. The lowest BCUT2D eigenvalue weighted by Crippen LogP contribution is -2.41. The van der Waals surface area contributed by atoms with E-state index in [1.807, 2.05) is 23.1 Å². The molecule has 1 aromatic rings. The standard InChI is InChI=1S/C22H26N2O5/c25-19-10-8-17(20(26)23-19)15-7-9-18-16(12-15)2-1-11-24(18)21(27)13-3-5-14(6-4-13)22(28)29/h7,9,12-14,17H,1-6,8,10-11H2,(H,28,29)(H,23,25,26)/t13-,14-,17?. The van der Waals surface area contributed by atoms with Crippen molar-refractivity contribution < 1.29 is 24.3 Å². The van der Waals surface area contributed by atoms with E-state index in [0.29, 0.717) is 45.1 Å². The molecule has 2 N–H and O–H groups in total. The van der Waals surface area contributed by atoms with Crippen molar-refractivity contribution in [2.24, 2.45) is 11.8 Å². The van der Waals surface area contributed by atoms with Gasteiger partial charge in [-0.15, -0.1) is 0 Å². The third-order valence-corrected chi connectivity index (χ3v) is 6.56. The van der Waals surface area contributed by atoms with Gasteiger partial charge in [0.05, 0.1) is 11.8 Å². The van der Waals surface area contributed by atoms with Crippen molar-refractivity contribution in [1.29, 1.82) is 0 Å². The van der Waals surface area contributed by atoms with E-state index in [2.05, 4.69) is 5.32 Å². The van der Waals surface area contributed by atoms with Gasteiger partial charge < -0.3 is 10.0 Å². The van der Waals surface area contributed by atoms with Crippen molar-refractivity contribution in [3.63, 3.8) is 0 Å². The highest BCUT2D eigenvalue weighted by molar-refractivity contribution is 6.01. The lowest BCUT2D eigenvalue weighted by Gasteiger charge is -2.35. The van der Waals surface area contributed by atoms with Crippen LogP contribution < -0.4 is 10.2 Å². The van der Waals surface area contributed by atoms with Crippen LogP contribution in [0.4, 0.5) is 5.69 Å². The van der Waals surface area contributed by atoms with Gasteiger partial charge in [0.1, 0.15) is 0 Å². The fourth-order valence-corrected chi connectivity index (χ4v) is 4.88. The molecule has 7 nitrogen and oxygen atoms in total. The Morgan fingerprint density at radius 1 is 1.00 bits per heavy atom. The Balaban J connectivity index is 1.50. The van der Waals surface area contributed by atoms with Crippen LogP contribution in [-0.2, 0) is 25.6 Å². The third-order valence-electron chi connectivity index (χ3n) is 6.56. The SMILES string of the molecule is O=C1CCC(c2ccc3c(c2)CCCN3C(=O)[C@H]2CC[C@H](C(=O)O)CC2)C(=O)N1. The van der Waals surface area contributed by atoms with E-state index in [-0.39, 0.29) is 35.5 Å². The van der Waals surface area contributed by atoms with E-state index < -0.39 is 5.97 Å². The van der Waals surface area contributed by atoms with Crippen molar-refractivity contribution in [2.45, 2.75) is 57.3 Å². The highest BCUT2D eigenvalue weighted by atomic mass is 16.4. The van der Waals surface area contributed by atoms with Gasteiger partial charge in [-0.1, -0.05) is 12.1 Å². The van der Waals surface area contributed by atoms with Crippen LogP contribution in [0.5, 0.6) is 0 Å². The van der Waals surface area contributed by atoms with Crippen LogP contribution in [0.15, 0.2) is 18.2 Å². The highest BCUT2D eigenvalue weighted by Crippen LogP contribution is 2.36. The van der Waals surface area contributed by atoms with Crippen LogP contribution >= 0.6 is 0 Å². The molecule has 3 aliphatic rings. The van der Waals surface area contributed by atoms with Gasteiger partial charge in [0, 0.05) is 24.6 Å². The van der Waals surface area contributed by atoms with Crippen LogP contribution in [0.1, 0.15) is 62.0 Å². The van der Waals surface area contributed by atoms with E-state index in [0.717, 1.165) is 29.7 Å². The fraction of sp³-hybridized carbons (Fsp3) is 0.545. The Kier molecular flexibility index (Phi) is 5.39. The minimum absolute atomic E-state index is 0.0866. The molecule has 4 rings (SSSR count). The van der Waals surface area contributed by atoms with Crippen molar-refractivity contribution in [1.82, 2.24) is 5.32 Å². The summed E-state index contributed by atoms with van der Waals surface area (Å²) in [6.45, 7) is 0.669. The number of fused-ring (bicyclic) bond motifs is 1. The number of aryl methyl sites for hydroxylation is 1. The smallest absolute Gasteiger partial charge is 0.306 e. The van der Waals surface area contributed by atoms with Gasteiger partial charge in [-0.2, -0.15) is 0 Å². The second kappa shape index (κ2) is 7.97. The van der Waals surface area contributed by atoms with Crippen LogP contribution in [0, 0.1) is 11.8 Å². The number of hydrogen-bond acceptors (Lipinski definition) is 4. The lowest BCUT2D eigenvalue weighted by atomic mass is 9.81. The van der Waals surface area contributed by atoms with Crippen LogP contribution in [0.25, 0.3) is 0 Å². The van der Waals surface area contributed by atoms with Gasteiger partial charge in [-0.05, 0) is 62.1 Å². The molecule has 0 spiro atoms. The van der Waals surface area contributed by atoms with Crippen LogP contribution in [-0.4, -0.2) is 35.3 Å². The monoisotopic (exact) mass is 398 g/mol. The molecule has 29 heavy (non-hydrogen) atoms.